The summed E-state index contributed by atoms with van der Waals surface area (Å²) in [4.78, 5) is 33.6. The van der Waals surface area contributed by atoms with Gasteiger partial charge in [0.2, 0.25) is 5.91 Å². The monoisotopic (exact) mass is 363 g/mol. The lowest BCUT2D eigenvalue weighted by Gasteiger charge is -2.27. The number of aromatic nitrogens is 2. The van der Waals surface area contributed by atoms with Crippen molar-refractivity contribution in [3.63, 3.8) is 0 Å². The zero-order valence-electron chi connectivity index (χ0n) is 14.9. The summed E-state index contributed by atoms with van der Waals surface area (Å²) >= 11 is 0. The minimum absolute atomic E-state index is 0.0538. The van der Waals surface area contributed by atoms with Gasteiger partial charge in [0.15, 0.2) is 0 Å². The van der Waals surface area contributed by atoms with Gasteiger partial charge in [-0.2, -0.15) is 0 Å². The maximum absolute atomic E-state index is 12.4. The van der Waals surface area contributed by atoms with E-state index in [1.165, 1.54) is 10.9 Å². The number of benzene rings is 1. The number of aromatic amines is 1. The third kappa shape index (κ3) is 3.76. The standard InChI is InChI=1S/C20H21N5O2/c26-19(22-11-14-5-3-4-9-21-14)12-23-20(27)25-10-8-16-15-6-1-2-7-17(15)24-18(16)13-25/h1-7,9,24H,8,10-13H2,(H,22,26)(H,23,27). The molecule has 0 saturated heterocycles. The van der Waals surface area contributed by atoms with Crippen LogP contribution in [0.4, 0.5) is 4.79 Å². The van der Waals surface area contributed by atoms with Crippen molar-refractivity contribution >= 4 is 22.8 Å². The van der Waals surface area contributed by atoms with Gasteiger partial charge in [0.25, 0.3) is 0 Å². The molecule has 0 spiro atoms. The number of pyridine rings is 1. The summed E-state index contributed by atoms with van der Waals surface area (Å²) in [6, 6.07) is 13.5. The highest BCUT2D eigenvalue weighted by Gasteiger charge is 2.23. The maximum atomic E-state index is 12.4. The molecule has 3 heterocycles. The molecule has 3 N–H and O–H groups in total. The van der Waals surface area contributed by atoms with Gasteiger partial charge in [-0.1, -0.05) is 24.3 Å². The van der Waals surface area contributed by atoms with Crippen molar-refractivity contribution in [3.8, 4) is 0 Å². The molecule has 2 aromatic heterocycles. The Bertz CT molecular complexity index is 967. The summed E-state index contributed by atoms with van der Waals surface area (Å²) in [6.07, 6.45) is 2.48. The molecule has 7 nitrogen and oxygen atoms in total. The molecule has 4 rings (SSSR count). The number of carbonyl (C=O) groups excluding carboxylic acids is 2. The molecule has 3 aromatic rings. The molecular formula is C20H21N5O2. The van der Waals surface area contributed by atoms with E-state index in [4.69, 9.17) is 0 Å². The van der Waals surface area contributed by atoms with Crippen LogP contribution >= 0.6 is 0 Å². The van der Waals surface area contributed by atoms with Crippen LogP contribution in [0.15, 0.2) is 48.7 Å². The van der Waals surface area contributed by atoms with E-state index < -0.39 is 0 Å². The topological polar surface area (TPSA) is 90.1 Å². The van der Waals surface area contributed by atoms with Gasteiger partial charge < -0.3 is 20.5 Å². The number of fused-ring (bicyclic) bond motifs is 3. The van der Waals surface area contributed by atoms with Crippen LogP contribution in [0.25, 0.3) is 10.9 Å². The Morgan fingerprint density at radius 1 is 1.11 bits per heavy atom. The van der Waals surface area contributed by atoms with Crippen LogP contribution in [0, 0.1) is 0 Å². The van der Waals surface area contributed by atoms with Gasteiger partial charge in [0.1, 0.15) is 0 Å². The number of nitrogens with zero attached hydrogens (tertiary/aromatic N) is 2. The van der Waals surface area contributed by atoms with Gasteiger partial charge >= 0.3 is 6.03 Å². The number of para-hydroxylation sites is 1. The van der Waals surface area contributed by atoms with Gasteiger partial charge in [0.05, 0.1) is 25.3 Å². The van der Waals surface area contributed by atoms with Crippen molar-refractivity contribution in [2.24, 2.45) is 0 Å². The summed E-state index contributed by atoms with van der Waals surface area (Å²) in [7, 11) is 0. The van der Waals surface area contributed by atoms with Gasteiger partial charge in [-0.05, 0) is 30.2 Å². The number of rotatable bonds is 4. The summed E-state index contributed by atoms with van der Waals surface area (Å²) in [6.45, 7) is 1.45. The molecular weight excluding hydrogens is 342 g/mol. The predicted octanol–water partition coefficient (Wildman–Crippen LogP) is 1.95. The fourth-order valence-electron chi connectivity index (χ4n) is 3.39. The number of hydrogen-bond donors (Lipinski definition) is 3. The second kappa shape index (κ2) is 7.49. The minimum Gasteiger partial charge on any atom is -0.357 e. The molecule has 0 bridgehead atoms. The largest absolute Gasteiger partial charge is 0.357 e. The van der Waals surface area contributed by atoms with E-state index in [1.807, 2.05) is 36.4 Å². The molecule has 1 aliphatic rings. The maximum Gasteiger partial charge on any atom is 0.318 e. The molecule has 1 aromatic carbocycles. The normalized spacial score (nSPS) is 13.3. The molecule has 3 amide bonds. The Labute approximate surface area is 156 Å². The van der Waals surface area contributed by atoms with Crippen molar-refractivity contribution in [3.05, 3.63) is 65.6 Å². The number of urea groups is 1. The molecule has 1 aliphatic heterocycles. The Kier molecular flexibility index (Phi) is 4.74. The van der Waals surface area contributed by atoms with E-state index in [1.54, 1.807) is 11.1 Å². The van der Waals surface area contributed by atoms with Crippen molar-refractivity contribution in [2.75, 3.05) is 13.1 Å². The van der Waals surface area contributed by atoms with Crippen molar-refractivity contribution in [2.45, 2.75) is 19.5 Å². The minimum atomic E-state index is -0.239. The van der Waals surface area contributed by atoms with Crippen LogP contribution in [0.2, 0.25) is 0 Å². The van der Waals surface area contributed by atoms with Gasteiger partial charge in [0, 0.05) is 29.3 Å². The SMILES string of the molecule is O=C(CNC(=O)N1CCc2c([nH]c3ccccc23)C1)NCc1ccccn1. The summed E-state index contributed by atoms with van der Waals surface area (Å²) in [5.41, 5.74) is 4.22. The van der Waals surface area contributed by atoms with Gasteiger partial charge in [-0.3, -0.25) is 9.78 Å². The summed E-state index contributed by atoms with van der Waals surface area (Å²) in [5, 5.41) is 6.67. The van der Waals surface area contributed by atoms with E-state index in [-0.39, 0.29) is 18.5 Å². The van der Waals surface area contributed by atoms with Gasteiger partial charge in [-0.15, -0.1) is 0 Å². The lowest BCUT2D eigenvalue weighted by Crippen LogP contribution is -2.46. The third-order valence-corrected chi connectivity index (χ3v) is 4.76. The van der Waals surface area contributed by atoms with E-state index in [2.05, 4.69) is 26.7 Å². The zero-order chi connectivity index (χ0) is 18.6. The first-order valence-electron chi connectivity index (χ1n) is 8.98. The number of nitrogens with one attached hydrogen (secondary N) is 3. The molecule has 0 atom stereocenters. The number of hydrogen-bond acceptors (Lipinski definition) is 3. The molecule has 27 heavy (non-hydrogen) atoms. The highest BCUT2D eigenvalue weighted by Crippen LogP contribution is 2.27. The van der Waals surface area contributed by atoms with E-state index in [9.17, 15) is 9.59 Å². The fourth-order valence-corrected chi connectivity index (χ4v) is 3.39. The van der Waals surface area contributed by atoms with Crippen molar-refractivity contribution in [1.82, 2.24) is 25.5 Å². The highest BCUT2D eigenvalue weighted by molar-refractivity contribution is 5.86. The van der Waals surface area contributed by atoms with E-state index >= 15 is 0 Å². The average Bonchev–Trinajstić information content (AvgIpc) is 3.09. The summed E-state index contributed by atoms with van der Waals surface area (Å²) < 4.78 is 0. The Balaban J connectivity index is 1.29. The van der Waals surface area contributed by atoms with Crippen molar-refractivity contribution < 1.29 is 9.59 Å². The summed E-state index contributed by atoms with van der Waals surface area (Å²) in [5.74, 6) is -0.239. The fraction of sp³-hybridized carbons (Fsp3) is 0.250. The van der Waals surface area contributed by atoms with Crippen LogP contribution in [0.3, 0.4) is 0 Å². The van der Waals surface area contributed by atoms with Crippen LogP contribution in [0.5, 0.6) is 0 Å². The van der Waals surface area contributed by atoms with Crippen LogP contribution in [-0.4, -0.2) is 39.9 Å². The number of H-pyrrole nitrogens is 1. The quantitative estimate of drug-likeness (QED) is 0.662. The van der Waals surface area contributed by atoms with Crippen LogP contribution in [-0.2, 0) is 24.3 Å². The average molecular weight is 363 g/mol. The van der Waals surface area contributed by atoms with Crippen LogP contribution < -0.4 is 10.6 Å². The predicted molar refractivity (Wildman–Crippen MR) is 102 cm³/mol. The first kappa shape index (κ1) is 17.1. The lowest BCUT2D eigenvalue weighted by atomic mass is 10.0. The first-order chi connectivity index (χ1) is 13.2. The molecule has 138 valence electrons. The molecule has 0 unspecified atom stereocenters. The van der Waals surface area contributed by atoms with E-state index in [0.29, 0.717) is 19.6 Å². The molecule has 7 heteroatoms. The highest BCUT2D eigenvalue weighted by atomic mass is 16.2. The van der Waals surface area contributed by atoms with Gasteiger partial charge in [-0.25, -0.2) is 4.79 Å². The second-order valence-corrected chi connectivity index (χ2v) is 6.56. The first-order valence-corrected chi connectivity index (χ1v) is 8.98. The van der Waals surface area contributed by atoms with E-state index in [0.717, 1.165) is 23.3 Å². The molecule has 0 radical (unpaired) electrons. The molecule has 0 saturated carbocycles. The lowest BCUT2D eigenvalue weighted by molar-refractivity contribution is -0.120. The third-order valence-electron chi connectivity index (χ3n) is 4.76. The number of carbonyl (C=O) groups is 2. The molecule has 0 fully saturated rings. The zero-order valence-corrected chi connectivity index (χ0v) is 14.9. The number of amides is 3. The van der Waals surface area contributed by atoms with Crippen molar-refractivity contribution in [1.29, 1.82) is 0 Å². The second-order valence-electron chi connectivity index (χ2n) is 6.56. The Morgan fingerprint density at radius 3 is 2.81 bits per heavy atom. The smallest absolute Gasteiger partial charge is 0.318 e. The Morgan fingerprint density at radius 2 is 1.96 bits per heavy atom. The molecule has 0 aliphatic carbocycles. The Hall–Kier alpha value is -3.35. The van der Waals surface area contributed by atoms with Crippen LogP contribution in [0.1, 0.15) is 17.0 Å².